The first kappa shape index (κ1) is 24.4. The highest BCUT2D eigenvalue weighted by molar-refractivity contribution is 5.95. The van der Waals surface area contributed by atoms with Crippen molar-refractivity contribution in [3.8, 4) is 0 Å². The van der Waals surface area contributed by atoms with Crippen LogP contribution in [0, 0.1) is 6.92 Å². The van der Waals surface area contributed by atoms with Crippen LogP contribution >= 0.6 is 0 Å². The molecule has 1 atom stereocenters. The molecule has 1 fully saturated rings. The molecule has 0 bridgehead atoms. The maximum Gasteiger partial charge on any atom is 0.266 e. The number of nitrogens with one attached hydrogen (secondary N) is 1. The van der Waals surface area contributed by atoms with Crippen LogP contribution in [0.15, 0.2) is 36.0 Å². The lowest BCUT2D eigenvalue weighted by molar-refractivity contribution is -0.143. The van der Waals surface area contributed by atoms with E-state index in [1.54, 1.807) is 19.4 Å². The molecule has 9 nitrogen and oxygen atoms in total. The Morgan fingerprint density at radius 3 is 2.70 bits per heavy atom. The topological polar surface area (TPSA) is 102 Å². The Labute approximate surface area is 195 Å². The van der Waals surface area contributed by atoms with E-state index in [0.29, 0.717) is 25.2 Å². The monoisotopic (exact) mass is 454 g/mol. The van der Waals surface area contributed by atoms with Gasteiger partial charge >= 0.3 is 0 Å². The second kappa shape index (κ2) is 11.6. The van der Waals surface area contributed by atoms with Crippen molar-refractivity contribution in [3.63, 3.8) is 0 Å². The summed E-state index contributed by atoms with van der Waals surface area (Å²) in [4.78, 5) is 41.4. The zero-order chi connectivity index (χ0) is 23.8. The summed E-state index contributed by atoms with van der Waals surface area (Å²) in [5.41, 5.74) is 3.10. The number of carbonyl (C=O) groups is 2. The van der Waals surface area contributed by atoms with Crippen molar-refractivity contribution in [2.24, 2.45) is 5.16 Å². The van der Waals surface area contributed by atoms with E-state index in [1.807, 2.05) is 48.6 Å². The Bertz CT molecular complexity index is 961. The van der Waals surface area contributed by atoms with Crippen LogP contribution in [0.4, 0.5) is 0 Å². The molecule has 1 aliphatic heterocycles. The largest absolute Gasteiger partial charge is 0.383 e. The van der Waals surface area contributed by atoms with Crippen LogP contribution in [-0.2, 0) is 16.2 Å². The molecule has 1 N–H and O–H groups in total. The minimum Gasteiger partial charge on any atom is -0.383 e. The summed E-state index contributed by atoms with van der Waals surface area (Å²) in [5, 5.41) is 6.92. The summed E-state index contributed by atoms with van der Waals surface area (Å²) in [7, 11) is 0. The second-order valence-corrected chi connectivity index (χ2v) is 8.68. The number of nitrogens with zero attached hydrogens (tertiary/aromatic N) is 5. The molecular formula is C24H34N6O3. The van der Waals surface area contributed by atoms with Crippen LogP contribution in [0.5, 0.6) is 0 Å². The smallest absolute Gasteiger partial charge is 0.266 e. The van der Waals surface area contributed by atoms with Gasteiger partial charge in [0.15, 0.2) is 0 Å². The van der Waals surface area contributed by atoms with Gasteiger partial charge in [0.05, 0.1) is 23.3 Å². The number of rotatable bonds is 9. The Morgan fingerprint density at radius 1 is 1.27 bits per heavy atom. The molecule has 0 spiro atoms. The highest BCUT2D eigenvalue weighted by atomic mass is 16.6. The zero-order valence-corrected chi connectivity index (χ0v) is 20.0. The van der Waals surface area contributed by atoms with Gasteiger partial charge in [-0.05, 0) is 59.1 Å². The molecule has 1 unspecified atom stereocenters. The average Bonchev–Trinajstić information content (AvgIpc) is 3.33. The number of hydrogen-bond donors (Lipinski definition) is 1. The lowest BCUT2D eigenvalue weighted by atomic mass is 9.89. The number of imidazole rings is 1. The van der Waals surface area contributed by atoms with Gasteiger partial charge in [-0.1, -0.05) is 5.16 Å². The van der Waals surface area contributed by atoms with Crippen LogP contribution in [0.2, 0.25) is 0 Å². The fourth-order valence-electron chi connectivity index (χ4n) is 3.92. The first-order chi connectivity index (χ1) is 15.8. The van der Waals surface area contributed by atoms with E-state index >= 15 is 0 Å². The number of piperidine rings is 1. The van der Waals surface area contributed by atoms with Gasteiger partial charge in [-0.3, -0.25) is 14.6 Å². The maximum atomic E-state index is 12.9. The van der Waals surface area contributed by atoms with Crippen LogP contribution in [0.3, 0.4) is 0 Å². The minimum atomic E-state index is -0.614. The number of likely N-dealkylation sites (tertiary alicyclic amines) is 1. The molecule has 3 rings (SSSR count). The van der Waals surface area contributed by atoms with Crippen LogP contribution < -0.4 is 5.32 Å². The van der Waals surface area contributed by atoms with E-state index in [2.05, 4.69) is 15.5 Å². The molecule has 0 saturated carbocycles. The third-order valence-corrected chi connectivity index (χ3v) is 5.68. The molecule has 3 heterocycles. The van der Waals surface area contributed by atoms with Crippen molar-refractivity contribution in [1.29, 1.82) is 0 Å². The summed E-state index contributed by atoms with van der Waals surface area (Å²) in [6.07, 6.45) is 7.14. The first-order valence-corrected chi connectivity index (χ1v) is 11.5. The van der Waals surface area contributed by atoms with Crippen LogP contribution in [-0.4, -0.2) is 62.7 Å². The third kappa shape index (κ3) is 6.87. The molecule has 0 radical (unpaired) electrons. The number of amides is 2. The zero-order valence-electron chi connectivity index (χ0n) is 20.0. The molecule has 9 heteroatoms. The van der Waals surface area contributed by atoms with E-state index in [4.69, 9.17) is 9.82 Å². The highest BCUT2D eigenvalue weighted by Gasteiger charge is 2.30. The number of pyridine rings is 1. The van der Waals surface area contributed by atoms with Crippen molar-refractivity contribution in [2.75, 3.05) is 19.6 Å². The molecule has 1 saturated heterocycles. The number of aromatic nitrogens is 3. The molecular weight excluding hydrogens is 420 g/mol. The molecule has 0 aromatic carbocycles. The Kier molecular flexibility index (Phi) is 8.57. The SMILES string of the molecule is CC(C)=NOC(C)C(=O)N1CCC(c2nc(C)ccc2C(=O)NCCCn2ccnc2)CC1. The van der Waals surface area contributed by atoms with E-state index in [1.165, 1.54) is 0 Å². The van der Waals surface area contributed by atoms with E-state index in [-0.39, 0.29) is 17.7 Å². The van der Waals surface area contributed by atoms with E-state index in [0.717, 1.165) is 42.9 Å². The molecule has 2 amide bonds. The van der Waals surface area contributed by atoms with Gasteiger partial charge < -0.3 is 19.6 Å². The van der Waals surface area contributed by atoms with Crippen molar-refractivity contribution < 1.29 is 14.4 Å². The van der Waals surface area contributed by atoms with Crippen molar-refractivity contribution in [1.82, 2.24) is 24.8 Å². The van der Waals surface area contributed by atoms with E-state index < -0.39 is 6.10 Å². The molecule has 178 valence electrons. The number of oxime groups is 1. The summed E-state index contributed by atoms with van der Waals surface area (Å²) in [5.74, 6) is -0.0317. The quantitative estimate of drug-likeness (QED) is 0.357. The predicted molar refractivity (Wildman–Crippen MR) is 126 cm³/mol. The standard InChI is InChI=1S/C24H34N6O3/c1-17(2)28-33-19(4)24(32)30-13-8-20(9-14-30)22-21(7-6-18(3)27-22)23(31)26-10-5-12-29-15-11-25-16-29/h6-7,11,15-16,19-20H,5,8-10,12-14H2,1-4H3,(H,26,31). The maximum absolute atomic E-state index is 12.9. The van der Waals surface area contributed by atoms with Crippen molar-refractivity contribution in [3.05, 3.63) is 47.8 Å². The summed E-state index contributed by atoms with van der Waals surface area (Å²) in [6, 6.07) is 3.74. The number of hydrogen-bond acceptors (Lipinski definition) is 6. The van der Waals surface area contributed by atoms with Gasteiger partial charge in [-0.2, -0.15) is 0 Å². The first-order valence-electron chi connectivity index (χ1n) is 11.5. The molecule has 33 heavy (non-hydrogen) atoms. The number of aryl methyl sites for hydroxylation is 2. The third-order valence-electron chi connectivity index (χ3n) is 5.68. The van der Waals surface area contributed by atoms with Gasteiger partial charge in [0.1, 0.15) is 0 Å². The summed E-state index contributed by atoms with van der Waals surface area (Å²) in [6.45, 7) is 9.89. The summed E-state index contributed by atoms with van der Waals surface area (Å²) >= 11 is 0. The molecule has 1 aliphatic rings. The minimum absolute atomic E-state index is 0.0634. The Balaban J connectivity index is 1.57. The second-order valence-electron chi connectivity index (χ2n) is 8.68. The fraction of sp³-hybridized carbons (Fsp3) is 0.542. The molecule has 0 aliphatic carbocycles. The molecule has 2 aromatic heterocycles. The molecule has 2 aromatic rings. The van der Waals surface area contributed by atoms with Gasteiger partial charge in [0.2, 0.25) is 6.10 Å². The van der Waals surface area contributed by atoms with Crippen LogP contribution in [0.1, 0.15) is 67.7 Å². The van der Waals surface area contributed by atoms with Gasteiger partial charge in [0, 0.05) is 50.2 Å². The lowest BCUT2D eigenvalue weighted by Crippen LogP contribution is -2.43. The van der Waals surface area contributed by atoms with Gasteiger partial charge in [0.25, 0.3) is 11.8 Å². The van der Waals surface area contributed by atoms with Gasteiger partial charge in [-0.15, -0.1) is 0 Å². The van der Waals surface area contributed by atoms with Crippen molar-refractivity contribution in [2.45, 2.75) is 65.5 Å². The average molecular weight is 455 g/mol. The fourth-order valence-corrected chi connectivity index (χ4v) is 3.92. The van der Waals surface area contributed by atoms with Crippen LogP contribution in [0.25, 0.3) is 0 Å². The van der Waals surface area contributed by atoms with E-state index in [9.17, 15) is 9.59 Å². The normalized spacial score (nSPS) is 15.1. The summed E-state index contributed by atoms with van der Waals surface area (Å²) < 4.78 is 1.99. The van der Waals surface area contributed by atoms with Crippen molar-refractivity contribution >= 4 is 17.5 Å². The predicted octanol–water partition coefficient (Wildman–Crippen LogP) is 2.91. The highest BCUT2D eigenvalue weighted by Crippen LogP contribution is 2.30. The number of carbonyl (C=O) groups excluding carboxylic acids is 2. The van der Waals surface area contributed by atoms with Gasteiger partial charge in [-0.25, -0.2) is 4.98 Å². The Morgan fingerprint density at radius 2 is 2.03 bits per heavy atom. The lowest BCUT2D eigenvalue weighted by Gasteiger charge is -2.33. The Hall–Kier alpha value is -3.23.